The van der Waals surface area contributed by atoms with Gasteiger partial charge in [0.2, 0.25) is 0 Å². The molecule has 0 bridgehead atoms. The quantitative estimate of drug-likeness (QED) is 0.712. The van der Waals surface area contributed by atoms with Crippen molar-refractivity contribution in [3.63, 3.8) is 0 Å². The normalized spacial score (nSPS) is 11.4. The highest BCUT2D eigenvalue weighted by molar-refractivity contribution is 5.15. The van der Waals surface area contributed by atoms with Gasteiger partial charge < -0.3 is 5.32 Å². The molecule has 1 heteroatoms. The fourth-order valence-electron chi connectivity index (χ4n) is 1.61. The summed E-state index contributed by atoms with van der Waals surface area (Å²) in [6.07, 6.45) is 13.3. The van der Waals surface area contributed by atoms with Gasteiger partial charge in [0.1, 0.15) is 0 Å². The van der Waals surface area contributed by atoms with Crippen molar-refractivity contribution < 1.29 is 0 Å². The molecule has 0 spiro atoms. The van der Waals surface area contributed by atoms with E-state index in [9.17, 15) is 0 Å². The van der Waals surface area contributed by atoms with Crippen LogP contribution in [0, 0.1) is 24.7 Å². The van der Waals surface area contributed by atoms with Crippen molar-refractivity contribution in [2.75, 3.05) is 6.54 Å². The predicted octanol–water partition coefficient (Wildman–Crippen LogP) is 2.23. The van der Waals surface area contributed by atoms with Crippen LogP contribution in [0.2, 0.25) is 0 Å². The first-order valence-corrected chi connectivity index (χ1v) is 5.51. The smallest absolute Gasteiger partial charge is 0.0576 e. The van der Waals surface area contributed by atoms with E-state index < -0.39 is 0 Å². The van der Waals surface area contributed by atoms with E-state index in [1.54, 1.807) is 0 Å². The molecule has 0 aromatic heterocycles. The topological polar surface area (TPSA) is 12.0 Å². The molecule has 0 aliphatic rings. The molecular formula is C15H17N. The van der Waals surface area contributed by atoms with Crippen molar-refractivity contribution in [1.29, 1.82) is 0 Å². The number of benzene rings is 1. The lowest BCUT2D eigenvalue weighted by Crippen LogP contribution is -2.29. The van der Waals surface area contributed by atoms with Crippen LogP contribution in [-0.2, 0) is 6.42 Å². The summed E-state index contributed by atoms with van der Waals surface area (Å²) >= 11 is 0. The maximum absolute atomic E-state index is 5.33. The van der Waals surface area contributed by atoms with Crippen molar-refractivity contribution in [2.45, 2.75) is 25.3 Å². The highest BCUT2D eigenvalue weighted by Gasteiger charge is 2.05. The molecule has 1 aromatic carbocycles. The van der Waals surface area contributed by atoms with Crippen molar-refractivity contribution in [2.24, 2.45) is 0 Å². The number of nitrogens with one attached hydrogen (secondary N) is 1. The fourth-order valence-corrected chi connectivity index (χ4v) is 1.61. The lowest BCUT2D eigenvalue weighted by molar-refractivity contribution is 0.517. The van der Waals surface area contributed by atoms with Crippen LogP contribution in [0.4, 0.5) is 0 Å². The highest BCUT2D eigenvalue weighted by Crippen LogP contribution is 2.06. The average Bonchev–Trinajstić information content (AvgIpc) is 2.34. The molecule has 0 fully saturated rings. The molecule has 1 aromatic rings. The van der Waals surface area contributed by atoms with Gasteiger partial charge in [-0.05, 0) is 18.4 Å². The summed E-state index contributed by atoms with van der Waals surface area (Å²) in [5.41, 5.74) is 1.34. The number of hydrogen-bond donors (Lipinski definition) is 1. The molecule has 82 valence electrons. The summed E-state index contributed by atoms with van der Waals surface area (Å²) < 4.78 is 0. The zero-order chi connectivity index (χ0) is 11.6. The van der Waals surface area contributed by atoms with Gasteiger partial charge in [-0.3, -0.25) is 0 Å². The van der Waals surface area contributed by atoms with Crippen LogP contribution in [0.1, 0.15) is 18.4 Å². The molecule has 0 heterocycles. The standard InChI is InChI=1S/C15H17N/c1-3-8-15(16-13-4-2)12-11-14-9-6-5-7-10-14/h1-2,5-7,9-10,15-16H,8,11-13H2. The first-order chi connectivity index (χ1) is 7.86. The first kappa shape index (κ1) is 12.4. The highest BCUT2D eigenvalue weighted by atomic mass is 14.9. The van der Waals surface area contributed by atoms with Crippen LogP contribution in [0.15, 0.2) is 30.3 Å². The van der Waals surface area contributed by atoms with Crippen LogP contribution in [-0.4, -0.2) is 12.6 Å². The lowest BCUT2D eigenvalue weighted by atomic mass is 10.0. The summed E-state index contributed by atoms with van der Waals surface area (Å²) in [4.78, 5) is 0. The van der Waals surface area contributed by atoms with Crippen LogP contribution in [0.3, 0.4) is 0 Å². The first-order valence-electron chi connectivity index (χ1n) is 5.51. The Morgan fingerprint density at radius 1 is 1.12 bits per heavy atom. The van der Waals surface area contributed by atoms with Gasteiger partial charge in [0.15, 0.2) is 0 Å². The van der Waals surface area contributed by atoms with E-state index in [1.807, 2.05) is 6.07 Å². The van der Waals surface area contributed by atoms with Gasteiger partial charge in [0, 0.05) is 12.5 Å². The van der Waals surface area contributed by atoms with E-state index in [2.05, 4.69) is 41.4 Å². The van der Waals surface area contributed by atoms with E-state index >= 15 is 0 Å². The Morgan fingerprint density at radius 2 is 1.88 bits per heavy atom. The molecule has 1 unspecified atom stereocenters. The van der Waals surface area contributed by atoms with Crippen LogP contribution in [0.25, 0.3) is 0 Å². The Hall–Kier alpha value is -1.70. The fraction of sp³-hybridized carbons (Fsp3) is 0.333. The SMILES string of the molecule is C#CCNC(CC#C)CCc1ccccc1. The molecule has 1 N–H and O–H groups in total. The van der Waals surface area contributed by atoms with E-state index in [0.29, 0.717) is 12.6 Å². The molecule has 16 heavy (non-hydrogen) atoms. The van der Waals surface area contributed by atoms with Gasteiger partial charge in [0.25, 0.3) is 0 Å². The van der Waals surface area contributed by atoms with E-state index in [0.717, 1.165) is 19.3 Å². The van der Waals surface area contributed by atoms with E-state index in [-0.39, 0.29) is 0 Å². The van der Waals surface area contributed by atoms with Crippen molar-refractivity contribution in [3.05, 3.63) is 35.9 Å². The summed E-state index contributed by atoms with van der Waals surface area (Å²) in [7, 11) is 0. The molecule has 0 amide bonds. The predicted molar refractivity (Wildman–Crippen MR) is 68.8 cm³/mol. The molecule has 1 rings (SSSR count). The molecule has 1 nitrogen and oxygen atoms in total. The van der Waals surface area contributed by atoms with Gasteiger partial charge in [-0.1, -0.05) is 36.3 Å². The zero-order valence-corrected chi connectivity index (χ0v) is 9.45. The molecular weight excluding hydrogens is 194 g/mol. The summed E-state index contributed by atoms with van der Waals surface area (Å²) in [6, 6.07) is 10.7. The lowest BCUT2D eigenvalue weighted by Gasteiger charge is -2.14. The Balaban J connectivity index is 2.38. The molecule has 0 saturated heterocycles. The van der Waals surface area contributed by atoms with Crippen molar-refractivity contribution in [3.8, 4) is 24.7 Å². The second-order valence-electron chi connectivity index (χ2n) is 3.71. The number of aryl methyl sites for hydroxylation is 1. The summed E-state index contributed by atoms with van der Waals surface area (Å²) in [5.74, 6) is 5.26. The molecule has 0 radical (unpaired) electrons. The third kappa shape index (κ3) is 4.69. The van der Waals surface area contributed by atoms with Gasteiger partial charge >= 0.3 is 0 Å². The minimum absolute atomic E-state index is 0.321. The van der Waals surface area contributed by atoms with Crippen LogP contribution >= 0.6 is 0 Å². The van der Waals surface area contributed by atoms with Crippen molar-refractivity contribution in [1.82, 2.24) is 5.32 Å². The van der Waals surface area contributed by atoms with Gasteiger partial charge in [-0.15, -0.1) is 18.8 Å². The second-order valence-corrected chi connectivity index (χ2v) is 3.71. The zero-order valence-electron chi connectivity index (χ0n) is 9.45. The van der Waals surface area contributed by atoms with Gasteiger partial charge in [-0.2, -0.15) is 0 Å². The Bertz CT molecular complexity index is 367. The molecule has 0 saturated carbocycles. The summed E-state index contributed by atoms with van der Waals surface area (Å²) in [5, 5.41) is 3.26. The van der Waals surface area contributed by atoms with Crippen molar-refractivity contribution >= 4 is 0 Å². The number of hydrogen-bond acceptors (Lipinski definition) is 1. The van der Waals surface area contributed by atoms with Crippen LogP contribution < -0.4 is 5.32 Å². The van der Waals surface area contributed by atoms with E-state index in [1.165, 1.54) is 5.56 Å². The average molecular weight is 211 g/mol. The van der Waals surface area contributed by atoms with Gasteiger partial charge in [-0.25, -0.2) is 0 Å². The van der Waals surface area contributed by atoms with Gasteiger partial charge in [0.05, 0.1) is 6.54 Å². The minimum atomic E-state index is 0.321. The maximum atomic E-state index is 5.33. The molecule has 0 aliphatic carbocycles. The number of rotatable bonds is 6. The van der Waals surface area contributed by atoms with Crippen LogP contribution in [0.5, 0.6) is 0 Å². The minimum Gasteiger partial charge on any atom is -0.302 e. The monoisotopic (exact) mass is 211 g/mol. The molecule has 1 atom stereocenters. The Kier molecular flexibility index (Phi) is 5.86. The Labute approximate surface area is 98.3 Å². The Morgan fingerprint density at radius 3 is 2.50 bits per heavy atom. The van der Waals surface area contributed by atoms with E-state index in [4.69, 9.17) is 12.8 Å². The molecule has 0 aliphatic heterocycles. The third-order valence-corrected chi connectivity index (χ3v) is 2.48. The summed E-state index contributed by atoms with van der Waals surface area (Å²) in [6.45, 7) is 0.584. The number of terminal acetylenes is 2. The third-order valence-electron chi connectivity index (χ3n) is 2.48. The second kappa shape index (κ2) is 7.57. The largest absolute Gasteiger partial charge is 0.302 e. The maximum Gasteiger partial charge on any atom is 0.0576 e.